The van der Waals surface area contributed by atoms with E-state index in [-0.39, 0.29) is 24.8 Å². The van der Waals surface area contributed by atoms with Crippen LogP contribution in [-0.2, 0) is 14.4 Å². The van der Waals surface area contributed by atoms with Gasteiger partial charge in [-0.15, -0.1) is 11.3 Å². The van der Waals surface area contributed by atoms with E-state index >= 15 is 0 Å². The minimum absolute atomic E-state index is 0.113. The van der Waals surface area contributed by atoms with E-state index in [0.717, 1.165) is 10.6 Å². The van der Waals surface area contributed by atoms with E-state index in [1.165, 1.54) is 0 Å². The van der Waals surface area contributed by atoms with E-state index in [2.05, 4.69) is 15.8 Å². The van der Waals surface area contributed by atoms with Crippen LogP contribution in [0.2, 0.25) is 0 Å². The minimum Gasteiger partial charge on any atom is -0.379 e. The lowest BCUT2D eigenvalue weighted by Gasteiger charge is -2.20. The van der Waals surface area contributed by atoms with Crippen molar-refractivity contribution in [3.05, 3.63) is 22.4 Å². The average Bonchev–Trinajstić information content (AvgIpc) is 3.08. The van der Waals surface area contributed by atoms with Crippen molar-refractivity contribution in [2.24, 2.45) is 5.16 Å². The molecule has 0 aromatic carbocycles. The first-order chi connectivity index (χ1) is 9.55. The Balaban J connectivity index is 1.87. The molecule has 0 unspecified atom stereocenters. The molecule has 2 rings (SSSR count). The van der Waals surface area contributed by atoms with Gasteiger partial charge in [-0.05, 0) is 18.4 Å². The molecule has 0 saturated heterocycles. The van der Waals surface area contributed by atoms with Crippen LogP contribution in [-0.4, -0.2) is 36.7 Å². The van der Waals surface area contributed by atoms with Crippen LogP contribution in [0.1, 0.15) is 24.6 Å². The van der Waals surface area contributed by atoms with E-state index in [1.54, 1.807) is 25.3 Å². The quantitative estimate of drug-likeness (QED) is 0.846. The fraction of sp³-hybridized carbons (Fsp3) is 0.462. The van der Waals surface area contributed by atoms with E-state index < -0.39 is 5.60 Å². The third kappa shape index (κ3) is 3.16. The number of rotatable bonds is 5. The highest BCUT2D eigenvalue weighted by Crippen LogP contribution is 2.28. The van der Waals surface area contributed by atoms with Gasteiger partial charge in [-0.2, -0.15) is 0 Å². The molecule has 1 aromatic heterocycles. The van der Waals surface area contributed by atoms with Gasteiger partial charge in [-0.25, -0.2) is 0 Å². The van der Waals surface area contributed by atoms with Gasteiger partial charge in [-0.1, -0.05) is 11.2 Å². The number of carbonyl (C=O) groups excluding carboxylic acids is 2. The SMILES string of the molecule is CNC(=O)CCNC(=O)[C@]1(C)CC(c2cccs2)=NO1. The molecule has 108 valence electrons. The summed E-state index contributed by atoms with van der Waals surface area (Å²) >= 11 is 1.56. The Kier molecular flexibility index (Phi) is 4.39. The van der Waals surface area contributed by atoms with Crippen LogP contribution in [0.25, 0.3) is 0 Å². The zero-order valence-electron chi connectivity index (χ0n) is 11.4. The molecule has 2 N–H and O–H groups in total. The maximum absolute atomic E-state index is 12.1. The van der Waals surface area contributed by atoms with Crippen LogP contribution in [0, 0.1) is 0 Å². The number of hydrogen-bond acceptors (Lipinski definition) is 5. The van der Waals surface area contributed by atoms with Crippen LogP contribution in [0.15, 0.2) is 22.7 Å². The normalized spacial score (nSPS) is 21.0. The molecular formula is C13H17N3O3S. The van der Waals surface area contributed by atoms with Crippen molar-refractivity contribution in [1.82, 2.24) is 10.6 Å². The van der Waals surface area contributed by atoms with Crippen molar-refractivity contribution >= 4 is 28.9 Å². The summed E-state index contributed by atoms with van der Waals surface area (Å²) in [6, 6.07) is 3.88. The highest BCUT2D eigenvalue weighted by Gasteiger charge is 2.42. The number of nitrogens with zero attached hydrogens (tertiary/aromatic N) is 1. The summed E-state index contributed by atoms with van der Waals surface area (Å²) in [5.41, 5.74) is -0.217. The Morgan fingerprint density at radius 2 is 2.35 bits per heavy atom. The third-order valence-electron chi connectivity index (χ3n) is 3.06. The van der Waals surface area contributed by atoms with Crippen molar-refractivity contribution in [2.75, 3.05) is 13.6 Å². The molecule has 2 amide bonds. The minimum atomic E-state index is -0.998. The van der Waals surface area contributed by atoms with Crippen molar-refractivity contribution < 1.29 is 14.4 Å². The molecule has 1 aliphatic heterocycles. The van der Waals surface area contributed by atoms with Crippen molar-refractivity contribution in [3.63, 3.8) is 0 Å². The van der Waals surface area contributed by atoms with Gasteiger partial charge in [0.15, 0.2) is 0 Å². The molecule has 0 spiro atoms. The molecule has 1 aromatic rings. The summed E-state index contributed by atoms with van der Waals surface area (Å²) < 4.78 is 0. The maximum atomic E-state index is 12.1. The smallest absolute Gasteiger partial charge is 0.267 e. The number of nitrogens with one attached hydrogen (secondary N) is 2. The van der Waals surface area contributed by atoms with Crippen LogP contribution >= 0.6 is 11.3 Å². The topological polar surface area (TPSA) is 79.8 Å². The second-order valence-electron chi connectivity index (χ2n) is 4.69. The second kappa shape index (κ2) is 6.04. The van der Waals surface area contributed by atoms with Crippen molar-refractivity contribution in [2.45, 2.75) is 25.4 Å². The van der Waals surface area contributed by atoms with E-state index in [4.69, 9.17) is 4.84 Å². The molecule has 0 fully saturated rings. The summed E-state index contributed by atoms with van der Waals surface area (Å²) in [6.45, 7) is 1.98. The molecule has 0 bridgehead atoms. The predicted octanol–water partition coefficient (Wildman–Crippen LogP) is 0.883. The number of hydrogen-bond donors (Lipinski definition) is 2. The van der Waals surface area contributed by atoms with Gasteiger partial charge in [0.25, 0.3) is 5.91 Å². The first-order valence-corrected chi connectivity index (χ1v) is 7.21. The maximum Gasteiger partial charge on any atom is 0.267 e. The van der Waals surface area contributed by atoms with Gasteiger partial charge in [0.1, 0.15) is 5.71 Å². The lowest BCUT2D eigenvalue weighted by molar-refractivity contribution is -0.141. The zero-order chi connectivity index (χ0) is 14.6. The predicted molar refractivity (Wildman–Crippen MR) is 76.7 cm³/mol. The zero-order valence-corrected chi connectivity index (χ0v) is 12.3. The van der Waals surface area contributed by atoms with E-state index in [0.29, 0.717) is 6.42 Å². The molecule has 0 saturated carbocycles. The van der Waals surface area contributed by atoms with Gasteiger partial charge < -0.3 is 15.5 Å². The molecule has 1 atom stereocenters. The first-order valence-electron chi connectivity index (χ1n) is 6.33. The number of thiophene rings is 1. The van der Waals surface area contributed by atoms with Gasteiger partial charge in [0.2, 0.25) is 11.5 Å². The van der Waals surface area contributed by atoms with Gasteiger partial charge in [0, 0.05) is 26.4 Å². The molecule has 6 nitrogen and oxygen atoms in total. The summed E-state index contributed by atoms with van der Waals surface area (Å²) in [5.74, 6) is -0.366. The Morgan fingerprint density at radius 1 is 1.55 bits per heavy atom. The van der Waals surface area contributed by atoms with Crippen LogP contribution in [0.5, 0.6) is 0 Å². The molecular weight excluding hydrogens is 278 g/mol. The lowest BCUT2D eigenvalue weighted by Crippen LogP contribution is -2.45. The van der Waals surface area contributed by atoms with E-state index in [9.17, 15) is 9.59 Å². The van der Waals surface area contributed by atoms with Crippen LogP contribution < -0.4 is 10.6 Å². The molecule has 0 aliphatic carbocycles. The Morgan fingerprint density at radius 3 is 3.00 bits per heavy atom. The largest absolute Gasteiger partial charge is 0.379 e. The number of amides is 2. The lowest BCUT2D eigenvalue weighted by atomic mass is 9.98. The van der Waals surface area contributed by atoms with Gasteiger partial charge in [0.05, 0.1) is 4.88 Å². The number of oxime groups is 1. The molecule has 1 aliphatic rings. The van der Waals surface area contributed by atoms with Gasteiger partial charge in [-0.3, -0.25) is 9.59 Å². The fourth-order valence-corrected chi connectivity index (χ4v) is 2.54. The second-order valence-corrected chi connectivity index (χ2v) is 5.64. The summed E-state index contributed by atoms with van der Waals surface area (Å²) in [6.07, 6.45) is 0.677. The van der Waals surface area contributed by atoms with Crippen LogP contribution in [0.3, 0.4) is 0 Å². The Labute approximate surface area is 121 Å². The standard InChI is InChI=1S/C13H17N3O3S/c1-13(12(18)15-6-5-11(17)14-2)8-9(16-19-13)10-4-3-7-20-10/h3-4,7H,5-6,8H2,1-2H3,(H,14,17)(H,15,18)/t13-/m0/s1. The van der Waals surface area contributed by atoms with Gasteiger partial charge >= 0.3 is 0 Å². The Hall–Kier alpha value is -1.89. The van der Waals surface area contributed by atoms with Crippen molar-refractivity contribution in [3.8, 4) is 0 Å². The summed E-state index contributed by atoms with van der Waals surface area (Å²) in [4.78, 5) is 29.5. The molecule has 7 heteroatoms. The third-order valence-corrected chi connectivity index (χ3v) is 3.98. The Bertz CT molecular complexity index is 527. The van der Waals surface area contributed by atoms with Crippen LogP contribution in [0.4, 0.5) is 0 Å². The summed E-state index contributed by atoms with van der Waals surface area (Å²) in [5, 5.41) is 11.2. The monoisotopic (exact) mass is 295 g/mol. The molecule has 20 heavy (non-hydrogen) atoms. The summed E-state index contributed by atoms with van der Waals surface area (Å²) in [7, 11) is 1.56. The highest BCUT2D eigenvalue weighted by atomic mass is 32.1. The average molecular weight is 295 g/mol. The van der Waals surface area contributed by atoms with Crippen molar-refractivity contribution in [1.29, 1.82) is 0 Å². The van der Waals surface area contributed by atoms with E-state index in [1.807, 2.05) is 17.5 Å². The first kappa shape index (κ1) is 14.5. The number of carbonyl (C=O) groups is 2. The highest BCUT2D eigenvalue weighted by molar-refractivity contribution is 7.12. The molecule has 2 heterocycles. The molecule has 0 radical (unpaired) electrons. The fourth-order valence-electron chi connectivity index (χ4n) is 1.84.